The summed E-state index contributed by atoms with van der Waals surface area (Å²) in [4.78, 5) is 2.46. The molecule has 1 aliphatic carbocycles. The maximum Gasteiger partial charge on any atom is 0.0491 e. The normalized spacial score (nSPS) is 28.3. The number of rotatable bonds is 5. The van der Waals surface area contributed by atoms with Gasteiger partial charge in [0.2, 0.25) is 0 Å². The summed E-state index contributed by atoms with van der Waals surface area (Å²) in [5.74, 6) is 2.47. The smallest absolute Gasteiger partial charge is 0.0491 e. The molecule has 0 aromatic rings. The van der Waals surface area contributed by atoms with Crippen molar-refractivity contribution in [2.45, 2.75) is 44.0 Å². The fraction of sp³-hybridized carbons (Fsp3) is 1.00. The lowest BCUT2D eigenvalue weighted by atomic mass is 9.94. The second-order valence-electron chi connectivity index (χ2n) is 4.05. The minimum Gasteiger partial charge on any atom is -0.301 e. The largest absolute Gasteiger partial charge is 0.301 e. The lowest BCUT2D eigenvalue weighted by molar-refractivity contribution is 0.206. The predicted octanol–water partition coefficient (Wildman–Crippen LogP) is 3.22. The van der Waals surface area contributed by atoms with Crippen LogP contribution in [-0.2, 0) is 0 Å². The summed E-state index contributed by atoms with van der Waals surface area (Å²) in [6.45, 7) is 3.40. The van der Waals surface area contributed by atoms with Gasteiger partial charge in [-0.05, 0) is 25.6 Å². The van der Waals surface area contributed by atoms with Crippen LogP contribution in [-0.4, -0.2) is 41.4 Å². The van der Waals surface area contributed by atoms with Gasteiger partial charge in [0.25, 0.3) is 0 Å². The van der Waals surface area contributed by atoms with Crippen molar-refractivity contribution in [2.75, 3.05) is 25.1 Å². The van der Waals surface area contributed by atoms with Crippen LogP contribution in [0.1, 0.15) is 32.6 Å². The molecule has 0 N–H and O–H groups in total. The molecule has 2 atom stereocenters. The highest BCUT2D eigenvalue weighted by molar-refractivity contribution is 7.99. The van der Waals surface area contributed by atoms with Crippen molar-refractivity contribution in [1.29, 1.82) is 0 Å². The molecule has 0 spiro atoms. The zero-order valence-electron chi connectivity index (χ0n) is 9.34. The van der Waals surface area contributed by atoms with Crippen molar-refractivity contribution >= 4 is 23.4 Å². The third kappa shape index (κ3) is 4.00. The van der Waals surface area contributed by atoms with E-state index in [0.717, 1.165) is 0 Å². The van der Waals surface area contributed by atoms with Crippen LogP contribution in [0.2, 0.25) is 0 Å². The summed E-state index contributed by atoms with van der Waals surface area (Å²) < 4.78 is 0. The summed E-state index contributed by atoms with van der Waals surface area (Å²) in [7, 11) is 2.22. The molecule has 0 aromatic carbocycles. The van der Waals surface area contributed by atoms with Crippen LogP contribution >= 0.6 is 23.4 Å². The van der Waals surface area contributed by atoms with Crippen LogP contribution in [0.5, 0.6) is 0 Å². The number of hydrogen-bond donors (Lipinski definition) is 0. The molecule has 1 aliphatic rings. The van der Waals surface area contributed by atoms with E-state index in [-0.39, 0.29) is 0 Å². The van der Waals surface area contributed by atoms with E-state index in [0.29, 0.717) is 11.4 Å². The summed E-state index contributed by atoms with van der Waals surface area (Å²) in [5.41, 5.74) is 0. The van der Waals surface area contributed by atoms with Gasteiger partial charge >= 0.3 is 0 Å². The molecule has 1 saturated carbocycles. The molecule has 0 aromatic heterocycles. The molecule has 14 heavy (non-hydrogen) atoms. The second kappa shape index (κ2) is 6.97. The molecule has 0 heterocycles. The van der Waals surface area contributed by atoms with Crippen molar-refractivity contribution in [3.8, 4) is 0 Å². The zero-order chi connectivity index (χ0) is 10.4. The van der Waals surface area contributed by atoms with Crippen LogP contribution in [0.25, 0.3) is 0 Å². The van der Waals surface area contributed by atoms with Gasteiger partial charge in [0.05, 0.1) is 0 Å². The summed E-state index contributed by atoms with van der Waals surface area (Å²) >= 11 is 8.36. The average molecular weight is 236 g/mol. The van der Waals surface area contributed by atoms with Gasteiger partial charge in [0, 0.05) is 23.7 Å². The van der Waals surface area contributed by atoms with Gasteiger partial charge in [0.1, 0.15) is 0 Å². The van der Waals surface area contributed by atoms with E-state index in [1.807, 2.05) is 11.8 Å². The monoisotopic (exact) mass is 235 g/mol. The fourth-order valence-corrected chi connectivity index (χ4v) is 3.26. The van der Waals surface area contributed by atoms with Crippen molar-refractivity contribution in [3.05, 3.63) is 0 Å². The first-order valence-corrected chi connectivity index (χ1v) is 7.27. The molecule has 1 fully saturated rings. The Bertz CT molecular complexity index is 154. The van der Waals surface area contributed by atoms with Crippen LogP contribution < -0.4 is 0 Å². The predicted molar refractivity (Wildman–Crippen MR) is 67.5 cm³/mol. The number of thioether (sulfide) groups is 1. The van der Waals surface area contributed by atoms with Gasteiger partial charge in [-0.15, -0.1) is 11.6 Å². The minimum atomic E-state index is 0.389. The Morgan fingerprint density at radius 2 is 2.07 bits per heavy atom. The quantitative estimate of drug-likeness (QED) is 0.532. The molecular weight excluding hydrogens is 214 g/mol. The number of alkyl halides is 1. The first-order chi connectivity index (χ1) is 6.75. The van der Waals surface area contributed by atoms with Gasteiger partial charge in [0.15, 0.2) is 0 Å². The summed E-state index contributed by atoms with van der Waals surface area (Å²) in [5, 5.41) is 0.389. The topological polar surface area (TPSA) is 3.24 Å². The highest BCUT2D eigenvalue weighted by Gasteiger charge is 2.25. The Hall–Kier alpha value is 0.600. The van der Waals surface area contributed by atoms with Crippen molar-refractivity contribution < 1.29 is 0 Å². The Balaban J connectivity index is 2.23. The van der Waals surface area contributed by atoms with Crippen LogP contribution in [0, 0.1) is 0 Å². The summed E-state index contributed by atoms with van der Waals surface area (Å²) in [6.07, 6.45) is 5.18. The number of hydrogen-bond acceptors (Lipinski definition) is 2. The molecule has 2 unspecified atom stereocenters. The number of nitrogens with zero attached hydrogens (tertiary/aromatic N) is 1. The highest BCUT2D eigenvalue weighted by atomic mass is 35.5. The molecule has 1 nitrogen and oxygen atoms in total. The van der Waals surface area contributed by atoms with E-state index >= 15 is 0 Å². The molecule has 0 saturated heterocycles. The Labute approximate surface area is 97.6 Å². The van der Waals surface area contributed by atoms with Crippen LogP contribution in [0.4, 0.5) is 0 Å². The Kier molecular flexibility index (Phi) is 6.31. The molecule has 0 radical (unpaired) electrons. The van der Waals surface area contributed by atoms with E-state index in [4.69, 9.17) is 11.6 Å². The van der Waals surface area contributed by atoms with Gasteiger partial charge in [-0.1, -0.05) is 19.8 Å². The van der Waals surface area contributed by atoms with Crippen LogP contribution in [0.3, 0.4) is 0 Å². The fourth-order valence-electron chi connectivity index (χ4n) is 2.08. The third-order valence-corrected chi connectivity index (χ3v) is 4.39. The number of halogens is 1. The van der Waals surface area contributed by atoms with Gasteiger partial charge in [-0.3, -0.25) is 0 Å². The molecule has 1 rings (SSSR count). The first kappa shape index (κ1) is 12.7. The molecule has 3 heteroatoms. The standard InChI is InChI=1S/C11H22ClNS/c1-3-14-9-8-13(2)11-7-5-4-6-10(11)12/h10-11H,3-9H2,1-2H3. The second-order valence-corrected chi connectivity index (χ2v) is 6.00. The first-order valence-electron chi connectivity index (χ1n) is 5.67. The van der Waals surface area contributed by atoms with Crippen molar-refractivity contribution in [3.63, 3.8) is 0 Å². The van der Waals surface area contributed by atoms with Crippen molar-refractivity contribution in [1.82, 2.24) is 4.90 Å². The Morgan fingerprint density at radius 1 is 1.36 bits per heavy atom. The van der Waals surface area contributed by atoms with E-state index in [1.54, 1.807) is 0 Å². The van der Waals surface area contributed by atoms with Gasteiger partial charge in [-0.25, -0.2) is 0 Å². The van der Waals surface area contributed by atoms with Crippen molar-refractivity contribution in [2.24, 2.45) is 0 Å². The molecule has 0 amide bonds. The van der Waals surface area contributed by atoms with Gasteiger partial charge in [-0.2, -0.15) is 11.8 Å². The molecule has 84 valence electrons. The molecular formula is C11H22ClNS. The lowest BCUT2D eigenvalue weighted by Crippen LogP contribution is -2.41. The van der Waals surface area contributed by atoms with E-state index < -0.39 is 0 Å². The molecule has 0 aliphatic heterocycles. The Morgan fingerprint density at radius 3 is 2.71 bits per heavy atom. The lowest BCUT2D eigenvalue weighted by Gasteiger charge is -2.34. The maximum atomic E-state index is 6.34. The zero-order valence-corrected chi connectivity index (χ0v) is 10.9. The minimum absolute atomic E-state index is 0.389. The van der Waals surface area contributed by atoms with Crippen LogP contribution in [0.15, 0.2) is 0 Å². The van der Waals surface area contributed by atoms with E-state index in [1.165, 1.54) is 43.7 Å². The SMILES string of the molecule is CCSCCN(C)C1CCCCC1Cl. The average Bonchev–Trinajstić information content (AvgIpc) is 2.18. The van der Waals surface area contributed by atoms with Gasteiger partial charge < -0.3 is 4.90 Å². The van der Waals surface area contributed by atoms with E-state index in [9.17, 15) is 0 Å². The molecule has 0 bridgehead atoms. The summed E-state index contributed by atoms with van der Waals surface area (Å²) in [6, 6.07) is 0.628. The third-order valence-electron chi connectivity index (χ3n) is 3.01. The highest BCUT2D eigenvalue weighted by Crippen LogP contribution is 2.26. The maximum absolute atomic E-state index is 6.34. The van der Waals surface area contributed by atoms with E-state index in [2.05, 4.69) is 18.9 Å².